The Morgan fingerprint density at radius 3 is 2.35 bits per heavy atom. The molecule has 0 aromatic heterocycles. The summed E-state index contributed by atoms with van der Waals surface area (Å²) in [7, 11) is 0. The van der Waals surface area contributed by atoms with Crippen molar-refractivity contribution in [3.05, 3.63) is 0 Å². The molecule has 0 radical (unpaired) electrons. The molecule has 2 fully saturated rings. The van der Waals surface area contributed by atoms with Crippen molar-refractivity contribution >= 4 is 5.91 Å². The topological polar surface area (TPSA) is 78.6 Å². The summed E-state index contributed by atoms with van der Waals surface area (Å²) < 4.78 is 0. The van der Waals surface area contributed by atoms with Crippen molar-refractivity contribution in [1.82, 2.24) is 10.2 Å². The summed E-state index contributed by atoms with van der Waals surface area (Å²) in [6.45, 7) is 3.65. The van der Waals surface area contributed by atoms with E-state index < -0.39 is 0 Å². The van der Waals surface area contributed by atoms with E-state index in [1.54, 1.807) is 0 Å². The maximum atomic E-state index is 11.7. The average molecular weight is 241 g/mol. The van der Waals surface area contributed by atoms with E-state index in [1.807, 2.05) is 0 Å². The molecule has 1 saturated carbocycles. The minimum atomic E-state index is -0.201. The van der Waals surface area contributed by atoms with E-state index in [1.165, 1.54) is 0 Å². The molecule has 0 aromatic carbocycles. The SMILES string of the molecule is NC(=O)C(C1CCC(O)CC1)N1CCNCC1. The van der Waals surface area contributed by atoms with E-state index in [0.29, 0.717) is 5.92 Å². The highest BCUT2D eigenvalue weighted by molar-refractivity contribution is 5.80. The second-order valence-corrected chi connectivity index (χ2v) is 5.20. The Morgan fingerprint density at radius 1 is 1.24 bits per heavy atom. The lowest BCUT2D eigenvalue weighted by Crippen LogP contribution is -2.56. The van der Waals surface area contributed by atoms with Crippen LogP contribution in [0.4, 0.5) is 0 Å². The quantitative estimate of drug-likeness (QED) is 0.610. The summed E-state index contributed by atoms with van der Waals surface area (Å²) in [5.41, 5.74) is 5.57. The van der Waals surface area contributed by atoms with Gasteiger partial charge in [0.05, 0.1) is 12.1 Å². The molecule has 98 valence electrons. The first-order chi connectivity index (χ1) is 8.18. The van der Waals surface area contributed by atoms with Crippen molar-refractivity contribution in [2.45, 2.75) is 37.8 Å². The molecule has 0 bridgehead atoms. The molecule has 5 nitrogen and oxygen atoms in total. The van der Waals surface area contributed by atoms with E-state index in [-0.39, 0.29) is 18.1 Å². The smallest absolute Gasteiger partial charge is 0.235 e. The van der Waals surface area contributed by atoms with Gasteiger partial charge in [0.15, 0.2) is 0 Å². The summed E-state index contributed by atoms with van der Waals surface area (Å²) >= 11 is 0. The molecule has 1 atom stereocenters. The fourth-order valence-corrected chi connectivity index (χ4v) is 3.09. The molecule has 1 amide bonds. The number of nitrogens with one attached hydrogen (secondary N) is 1. The Balaban J connectivity index is 1.98. The van der Waals surface area contributed by atoms with Crippen LogP contribution in [0.3, 0.4) is 0 Å². The number of primary amides is 1. The number of rotatable bonds is 3. The third kappa shape index (κ3) is 3.18. The highest BCUT2D eigenvalue weighted by Crippen LogP contribution is 2.29. The molecule has 4 N–H and O–H groups in total. The molecular formula is C12H23N3O2. The maximum Gasteiger partial charge on any atom is 0.235 e. The van der Waals surface area contributed by atoms with Gasteiger partial charge in [-0.05, 0) is 31.6 Å². The third-order valence-electron chi connectivity index (χ3n) is 4.02. The van der Waals surface area contributed by atoms with Crippen LogP contribution in [-0.2, 0) is 4.79 Å². The van der Waals surface area contributed by atoms with Gasteiger partial charge in [-0.25, -0.2) is 0 Å². The number of piperazine rings is 1. The average Bonchev–Trinajstić information content (AvgIpc) is 2.33. The molecule has 5 heteroatoms. The minimum absolute atomic E-state index is 0.135. The van der Waals surface area contributed by atoms with E-state index in [9.17, 15) is 9.90 Å². The Hall–Kier alpha value is -0.650. The van der Waals surface area contributed by atoms with Crippen molar-refractivity contribution in [2.75, 3.05) is 26.2 Å². The summed E-state index contributed by atoms with van der Waals surface area (Å²) in [4.78, 5) is 13.9. The second kappa shape index (κ2) is 5.80. The van der Waals surface area contributed by atoms with Gasteiger partial charge < -0.3 is 16.2 Å². The number of aliphatic hydroxyl groups is 1. The van der Waals surface area contributed by atoms with Crippen molar-refractivity contribution in [3.8, 4) is 0 Å². The molecule has 1 aliphatic heterocycles. The number of carbonyl (C=O) groups is 1. The zero-order valence-electron chi connectivity index (χ0n) is 10.3. The Kier molecular flexibility index (Phi) is 4.36. The van der Waals surface area contributed by atoms with Gasteiger partial charge in [-0.3, -0.25) is 9.69 Å². The van der Waals surface area contributed by atoms with Crippen LogP contribution in [0.25, 0.3) is 0 Å². The van der Waals surface area contributed by atoms with Gasteiger partial charge in [-0.2, -0.15) is 0 Å². The van der Waals surface area contributed by atoms with Crippen LogP contribution in [0.15, 0.2) is 0 Å². The van der Waals surface area contributed by atoms with Gasteiger partial charge in [0, 0.05) is 26.2 Å². The molecule has 2 aliphatic rings. The van der Waals surface area contributed by atoms with Crippen LogP contribution in [0.2, 0.25) is 0 Å². The Bertz CT molecular complexity index is 258. The Labute approximate surface area is 102 Å². The molecule has 2 rings (SSSR count). The van der Waals surface area contributed by atoms with Gasteiger partial charge in [0.2, 0.25) is 5.91 Å². The highest BCUT2D eigenvalue weighted by Gasteiger charge is 2.34. The minimum Gasteiger partial charge on any atom is -0.393 e. The first-order valence-electron chi connectivity index (χ1n) is 6.60. The predicted octanol–water partition coefficient (Wildman–Crippen LogP) is -0.703. The van der Waals surface area contributed by atoms with E-state index in [2.05, 4.69) is 10.2 Å². The summed E-state index contributed by atoms with van der Waals surface area (Å²) in [6, 6.07) is -0.135. The number of hydrogen-bond donors (Lipinski definition) is 3. The van der Waals surface area contributed by atoms with Crippen molar-refractivity contribution in [2.24, 2.45) is 11.7 Å². The predicted molar refractivity (Wildman–Crippen MR) is 65.4 cm³/mol. The Morgan fingerprint density at radius 2 is 1.82 bits per heavy atom. The lowest BCUT2D eigenvalue weighted by atomic mass is 9.81. The van der Waals surface area contributed by atoms with Crippen molar-refractivity contribution in [1.29, 1.82) is 0 Å². The number of nitrogens with two attached hydrogens (primary N) is 1. The molecule has 1 heterocycles. The normalized spacial score (nSPS) is 33.2. The van der Waals surface area contributed by atoms with Crippen molar-refractivity contribution < 1.29 is 9.90 Å². The monoisotopic (exact) mass is 241 g/mol. The number of nitrogens with zero attached hydrogens (tertiary/aromatic N) is 1. The summed E-state index contributed by atoms with van der Waals surface area (Å²) in [5, 5.41) is 12.8. The zero-order valence-corrected chi connectivity index (χ0v) is 10.3. The van der Waals surface area contributed by atoms with Gasteiger partial charge in [-0.1, -0.05) is 0 Å². The van der Waals surface area contributed by atoms with Crippen LogP contribution in [0, 0.1) is 5.92 Å². The van der Waals surface area contributed by atoms with Crippen LogP contribution in [0.5, 0.6) is 0 Å². The number of hydrogen-bond acceptors (Lipinski definition) is 4. The van der Waals surface area contributed by atoms with E-state index in [4.69, 9.17) is 5.73 Å². The number of carbonyl (C=O) groups excluding carboxylic acids is 1. The van der Waals surface area contributed by atoms with Crippen LogP contribution in [-0.4, -0.2) is 54.2 Å². The molecule has 1 unspecified atom stereocenters. The lowest BCUT2D eigenvalue weighted by Gasteiger charge is -2.39. The molecule has 1 saturated heterocycles. The maximum absolute atomic E-state index is 11.7. The standard InChI is InChI=1S/C12H23N3O2/c13-12(17)11(15-7-5-14-6-8-15)9-1-3-10(16)4-2-9/h9-11,14,16H,1-8H2,(H2,13,17). The van der Waals surface area contributed by atoms with E-state index in [0.717, 1.165) is 51.9 Å². The molecule has 0 spiro atoms. The van der Waals surface area contributed by atoms with Crippen molar-refractivity contribution in [3.63, 3.8) is 0 Å². The fourth-order valence-electron chi connectivity index (χ4n) is 3.09. The third-order valence-corrected chi connectivity index (χ3v) is 4.02. The largest absolute Gasteiger partial charge is 0.393 e. The van der Waals surface area contributed by atoms with Crippen LogP contribution in [0.1, 0.15) is 25.7 Å². The van der Waals surface area contributed by atoms with Gasteiger partial charge in [-0.15, -0.1) is 0 Å². The summed E-state index contributed by atoms with van der Waals surface area (Å²) in [5.74, 6) is 0.127. The first-order valence-corrected chi connectivity index (χ1v) is 6.60. The zero-order chi connectivity index (χ0) is 12.3. The molecular weight excluding hydrogens is 218 g/mol. The van der Waals surface area contributed by atoms with Gasteiger partial charge >= 0.3 is 0 Å². The van der Waals surface area contributed by atoms with Crippen LogP contribution >= 0.6 is 0 Å². The highest BCUT2D eigenvalue weighted by atomic mass is 16.3. The molecule has 1 aliphatic carbocycles. The van der Waals surface area contributed by atoms with Gasteiger partial charge in [0.25, 0.3) is 0 Å². The van der Waals surface area contributed by atoms with Crippen LogP contribution < -0.4 is 11.1 Å². The molecule has 0 aromatic rings. The summed E-state index contributed by atoms with van der Waals surface area (Å²) in [6.07, 6.45) is 3.26. The molecule has 17 heavy (non-hydrogen) atoms. The second-order valence-electron chi connectivity index (χ2n) is 5.20. The van der Waals surface area contributed by atoms with E-state index >= 15 is 0 Å². The fraction of sp³-hybridized carbons (Fsp3) is 0.917. The number of aliphatic hydroxyl groups excluding tert-OH is 1. The number of amides is 1. The first kappa shape index (κ1) is 12.8. The lowest BCUT2D eigenvalue weighted by molar-refractivity contribution is -0.126. The van der Waals surface area contributed by atoms with Gasteiger partial charge in [0.1, 0.15) is 0 Å².